The van der Waals surface area contributed by atoms with E-state index < -0.39 is 0 Å². The van der Waals surface area contributed by atoms with Gasteiger partial charge in [-0.3, -0.25) is 0 Å². The molecule has 0 spiro atoms. The molecular weight excluding hydrogens is 158 g/mol. The van der Waals surface area contributed by atoms with Crippen LogP contribution in [0.4, 0.5) is 0 Å². The first-order chi connectivity index (χ1) is 5.14. The SMILES string of the molecule is CC(N)(CN)Cc1nccs1. The maximum absolute atomic E-state index is 5.85. The topological polar surface area (TPSA) is 64.9 Å². The van der Waals surface area contributed by atoms with E-state index in [1.165, 1.54) is 0 Å². The molecule has 0 saturated carbocycles. The molecule has 11 heavy (non-hydrogen) atoms. The third-order valence-electron chi connectivity index (χ3n) is 1.50. The van der Waals surface area contributed by atoms with E-state index in [0.29, 0.717) is 6.54 Å². The van der Waals surface area contributed by atoms with Crippen LogP contribution in [0.1, 0.15) is 11.9 Å². The first-order valence-corrected chi connectivity index (χ1v) is 4.39. The molecule has 1 atom stereocenters. The maximum atomic E-state index is 5.85. The van der Waals surface area contributed by atoms with E-state index >= 15 is 0 Å². The maximum Gasteiger partial charge on any atom is 0.0943 e. The van der Waals surface area contributed by atoms with Crippen molar-refractivity contribution in [3.05, 3.63) is 16.6 Å². The van der Waals surface area contributed by atoms with Gasteiger partial charge in [-0.2, -0.15) is 0 Å². The van der Waals surface area contributed by atoms with Crippen LogP contribution >= 0.6 is 11.3 Å². The molecule has 0 aromatic carbocycles. The largest absolute Gasteiger partial charge is 0.329 e. The molecule has 1 rings (SSSR count). The fourth-order valence-corrected chi connectivity index (χ4v) is 1.57. The van der Waals surface area contributed by atoms with Gasteiger partial charge in [0, 0.05) is 30.1 Å². The summed E-state index contributed by atoms with van der Waals surface area (Å²) in [4.78, 5) is 4.13. The molecule has 0 saturated heterocycles. The van der Waals surface area contributed by atoms with Crippen molar-refractivity contribution in [2.75, 3.05) is 6.54 Å². The normalized spacial score (nSPS) is 16.3. The van der Waals surface area contributed by atoms with Crippen LogP contribution in [-0.4, -0.2) is 17.1 Å². The van der Waals surface area contributed by atoms with Gasteiger partial charge in [0.15, 0.2) is 0 Å². The highest BCUT2D eigenvalue weighted by molar-refractivity contribution is 7.09. The summed E-state index contributed by atoms with van der Waals surface area (Å²) < 4.78 is 0. The van der Waals surface area contributed by atoms with Crippen LogP contribution < -0.4 is 11.5 Å². The zero-order valence-electron chi connectivity index (χ0n) is 6.58. The van der Waals surface area contributed by atoms with E-state index in [0.717, 1.165) is 11.4 Å². The van der Waals surface area contributed by atoms with Crippen molar-refractivity contribution in [3.8, 4) is 0 Å². The van der Waals surface area contributed by atoms with Gasteiger partial charge in [-0.1, -0.05) is 0 Å². The van der Waals surface area contributed by atoms with Crippen LogP contribution in [0, 0.1) is 0 Å². The van der Waals surface area contributed by atoms with Crippen molar-refractivity contribution >= 4 is 11.3 Å². The van der Waals surface area contributed by atoms with Crippen molar-refractivity contribution in [1.82, 2.24) is 4.98 Å². The summed E-state index contributed by atoms with van der Waals surface area (Å²) in [7, 11) is 0. The Morgan fingerprint density at radius 1 is 1.73 bits per heavy atom. The highest BCUT2D eigenvalue weighted by Gasteiger charge is 2.17. The van der Waals surface area contributed by atoms with Gasteiger partial charge in [0.1, 0.15) is 0 Å². The van der Waals surface area contributed by atoms with Gasteiger partial charge in [-0.25, -0.2) is 4.98 Å². The Bertz CT molecular complexity index is 205. The van der Waals surface area contributed by atoms with E-state index in [1.54, 1.807) is 17.5 Å². The van der Waals surface area contributed by atoms with Crippen molar-refractivity contribution in [2.24, 2.45) is 11.5 Å². The van der Waals surface area contributed by atoms with Gasteiger partial charge in [0.25, 0.3) is 0 Å². The lowest BCUT2D eigenvalue weighted by Crippen LogP contribution is -2.45. The standard InChI is InChI=1S/C7H13N3S/c1-7(9,5-8)4-6-10-2-3-11-6/h2-3H,4-5,8-9H2,1H3. The molecule has 0 bridgehead atoms. The average molecular weight is 171 g/mol. The van der Waals surface area contributed by atoms with Crippen molar-refractivity contribution < 1.29 is 0 Å². The Labute approximate surface area is 70.4 Å². The zero-order valence-corrected chi connectivity index (χ0v) is 7.40. The molecule has 0 aliphatic heterocycles. The lowest BCUT2D eigenvalue weighted by atomic mass is 10.0. The molecule has 3 nitrogen and oxygen atoms in total. The lowest BCUT2D eigenvalue weighted by molar-refractivity contribution is 0.476. The third kappa shape index (κ3) is 2.57. The Kier molecular flexibility index (Phi) is 2.59. The average Bonchev–Trinajstić information content (AvgIpc) is 2.39. The van der Waals surface area contributed by atoms with Gasteiger partial charge in [0.05, 0.1) is 5.01 Å². The van der Waals surface area contributed by atoms with Gasteiger partial charge in [-0.05, 0) is 6.92 Å². The number of hydrogen-bond acceptors (Lipinski definition) is 4. The number of aromatic nitrogens is 1. The fraction of sp³-hybridized carbons (Fsp3) is 0.571. The number of hydrogen-bond donors (Lipinski definition) is 2. The molecule has 1 aromatic heterocycles. The van der Waals surface area contributed by atoms with Crippen LogP contribution in [0.5, 0.6) is 0 Å². The highest BCUT2D eigenvalue weighted by Crippen LogP contribution is 2.11. The van der Waals surface area contributed by atoms with Crippen molar-refractivity contribution in [1.29, 1.82) is 0 Å². The molecule has 1 aromatic rings. The molecule has 0 radical (unpaired) electrons. The lowest BCUT2D eigenvalue weighted by Gasteiger charge is -2.20. The van der Waals surface area contributed by atoms with Gasteiger partial charge >= 0.3 is 0 Å². The second kappa shape index (κ2) is 3.30. The summed E-state index contributed by atoms with van der Waals surface area (Å²) in [5, 5.41) is 3.00. The first kappa shape index (κ1) is 8.64. The smallest absolute Gasteiger partial charge is 0.0943 e. The molecule has 1 heterocycles. The molecule has 0 aliphatic carbocycles. The molecule has 4 heteroatoms. The molecule has 62 valence electrons. The Morgan fingerprint density at radius 3 is 2.91 bits per heavy atom. The predicted octanol–water partition coefficient (Wildman–Crippen LogP) is 0.362. The summed E-state index contributed by atoms with van der Waals surface area (Å²) in [5.41, 5.74) is 11.0. The molecule has 0 amide bonds. The summed E-state index contributed by atoms with van der Waals surface area (Å²) in [6, 6.07) is 0. The van der Waals surface area contributed by atoms with Gasteiger partial charge < -0.3 is 11.5 Å². The van der Waals surface area contributed by atoms with Gasteiger partial charge in [0.2, 0.25) is 0 Å². The quantitative estimate of drug-likeness (QED) is 0.690. The second-order valence-electron chi connectivity index (χ2n) is 2.96. The van der Waals surface area contributed by atoms with Crippen LogP contribution in [-0.2, 0) is 6.42 Å². The third-order valence-corrected chi connectivity index (χ3v) is 2.28. The summed E-state index contributed by atoms with van der Waals surface area (Å²) in [5.74, 6) is 0. The molecular formula is C7H13N3S. The highest BCUT2D eigenvalue weighted by atomic mass is 32.1. The van der Waals surface area contributed by atoms with Crippen molar-refractivity contribution in [3.63, 3.8) is 0 Å². The number of nitrogens with zero attached hydrogens (tertiary/aromatic N) is 1. The van der Waals surface area contributed by atoms with Crippen LogP contribution in [0.25, 0.3) is 0 Å². The van der Waals surface area contributed by atoms with E-state index in [2.05, 4.69) is 4.98 Å². The molecule has 1 unspecified atom stereocenters. The molecule has 4 N–H and O–H groups in total. The van der Waals surface area contributed by atoms with E-state index in [-0.39, 0.29) is 5.54 Å². The monoisotopic (exact) mass is 171 g/mol. The minimum absolute atomic E-state index is 0.308. The van der Waals surface area contributed by atoms with Crippen LogP contribution in [0.3, 0.4) is 0 Å². The first-order valence-electron chi connectivity index (χ1n) is 3.51. The summed E-state index contributed by atoms with van der Waals surface area (Å²) in [6.07, 6.45) is 2.55. The zero-order chi connectivity index (χ0) is 8.32. The second-order valence-corrected chi connectivity index (χ2v) is 3.94. The van der Waals surface area contributed by atoms with E-state index in [1.807, 2.05) is 12.3 Å². The van der Waals surface area contributed by atoms with Gasteiger partial charge in [-0.15, -0.1) is 11.3 Å². The summed E-state index contributed by atoms with van der Waals surface area (Å²) in [6.45, 7) is 2.43. The van der Waals surface area contributed by atoms with Crippen LogP contribution in [0.2, 0.25) is 0 Å². The minimum Gasteiger partial charge on any atom is -0.329 e. The van der Waals surface area contributed by atoms with E-state index in [9.17, 15) is 0 Å². The number of nitrogens with two attached hydrogens (primary N) is 2. The molecule has 0 aliphatic rings. The van der Waals surface area contributed by atoms with Crippen molar-refractivity contribution in [2.45, 2.75) is 18.9 Å². The Hall–Kier alpha value is -0.450. The number of thiazole rings is 1. The molecule has 0 fully saturated rings. The Morgan fingerprint density at radius 2 is 2.45 bits per heavy atom. The van der Waals surface area contributed by atoms with Crippen LogP contribution in [0.15, 0.2) is 11.6 Å². The minimum atomic E-state index is -0.308. The predicted molar refractivity (Wildman–Crippen MR) is 47.5 cm³/mol. The van der Waals surface area contributed by atoms with E-state index in [4.69, 9.17) is 11.5 Å². The fourth-order valence-electron chi connectivity index (χ4n) is 0.758. The summed E-state index contributed by atoms with van der Waals surface area (Å²) >= 11 is 1.62. The Balaban J connectivity index is 2.56. The number of rotatable bonds is 3.